The smallest absolute Gasteiger partial charge is 0.224 e. The van der Waals surface area contributed by atoms with Gasteiger partial charge >= 0.3 is 0 Å². The van der Waals surface area contributed by atoms with Crippen molar-refractivity contribution in [2.24, 2.45) is 0 Å². The van der Waals surface area contributed by atoms with Crippen LogP contribution in [0.1, 0.15) is 61.9 Å². The maximum absolute atomic E-state index is 12.3. The topological polar surface area (TPSA) is 47.4 Å². The van der Waals surface area contributed by atoms with Crippen LogP contribution in [-0.4, -0.2) is 46.7 Å². The molecular weight excluding hydrogens is 362 g/mol. The number of ether oxygens (including phenoxy) is 1. The third-order valence-electron chi connectivity index (χ3n) is 5.66. The number of imidazole rings is 1. The van der Waals surface area contributed by atoms with Gasteiger partial charge in [0.2, 0.25) is 5.91 Å². The fourth-order valence-corrected chi connectivity index (χ4v) is 3.89. The number of rotatable bonds is 9. The van der Waals surface area contributed by atoms with Crippen LogP contribution in [0.15, 0.2) is 49.3 Å². The lowest BCUT2D eigenvalue weighted by molar-refractivity contribution is -0.133. The molecule has 1 saturated heterocycles. The molecule has 1 amide bonds. The van der Waals surface area contributed by atoms with Gasteiger partial charge in [-0.2, -0.15) is 0 Å². The summed E-state index contributed by atoms with van der Waals surface area (Å²) in [6.45, 7) is 11.4. The number of carbonyl (C=O) groups is 1. The van der Waals surface area contributed by atoms with Crippen molar-refractivity contribution in [3.63, 3.8) is 0 Å². The summed E-state index contributed by atoms with van der Waals surface area (Å²) < 4.78 is 7.60. The molecule has 0 unspecified atom stereocenters. The molecular formula is C24H33N3O2. The van der Waals surface area contributed by atoms with Gasteiger partial charge in [-0.15, -0.1) is 6.58 Å². The number of nitrogens with zero attached hydrogens (tertiary/aromatic N) is 3. The Labute approximate surface area is 174 Å². The van der Waals surface area contributed by atoms with E-state index in [0.29, 0.717) is 31.5 Å². The lowest BCUT2D eigenvalue weighted by Gasteiger charge is -2.32. The highest BCUT2D eigenvalue weighted by Gasteiger charge is 2.26. The molecule has 1 aromatic heterocycles. The Kier molecular flexibility index (Phi) is 7.64. The third-order valence-corrected chi connectivity index (χ3v) is 5.66. The van der Waals surface area contributed by atoms with Crippen LogP contribution in [0.5, 0.6) is 0 Å². The molecule has 0 radical (unpaired) electrons. The summed E-state index contributed by atoms with van der Waals surface area (Å²) in [6.07, 6.45) is 8.04. The van der Waals surface area contributed by atoms with Crippen LogP contribution in [0.2, 0.25) is 0 Å². The van der Waals surface area contributed by atoms with E-state index >= 15 is 0 Å². The number of hydrogen-bond donors (Lipinski definition) is 0. The Morgan fingerprint density at radius 3 is 2.66 bits per heavy atom. The first kappa shape index (κ1) is 21.3. The molecule has 0 aliphatic carbocycles. The molecule has 2 aromatic rings. The van der Waals surface area contributed by atoms with E-state index in [1.165, 1.54) is 11.1 Å². The van der Waals surface area contributed by atoms with Crippen LogP contribution in [0, 0.1) is 0 Å². The van der Waals surface area contributed by atoms with Crippen LogP contribution in [0.4, 0.5) is 0 Å². The van der Waals surface area contributed by atoms with Gasteiger partial charge in [0.05, 0.1) is 19.6 Å². The molecule has 5 nitrogen and oxygen atoms in total. The second kappa shape index (κ2) is 10.4. The fraction of sp³-hybridized carbons (Fsp3) is 0.500. The summed E-state index contributed by atoms with van der Waals surface area (Å²) in [7, 11) is 0. The molecule has 0 N–H and O–H groups in total. The van der Waals surface area contributed by atoms with Crippen molar-refractivity contribution in [1.82, 2.24) is 14.5 Å². The van der Waals surface area contributed by atoms with Crippen molar-refractivity contribution in [3.05, 3.63) is 66.3 Å². The van der Waals surface area contributed by atoms with Gasteiger partial charge in [0.15, 0.2) is 0 Å². The first-order chi connectivity index (χ1) is 14.1. The lowest BCUT2D eigenvalue weighted by atomic mass is 9.95. The number of benzene rings is 1. The van der Waals surface area contributed by atoms with Crippen LogP contribution in [-0.2, 0) is 16.1 Å². The Morgan fingerprint density at radius 1 is 1.28 bits per heavy atom. The first-order valence-electron chi connectivity index (χ1n) is 10.6. The van der Waals surface area contributed by atoms with E-state index in [2.05, 4.69) is 60.4 Å². The van der Waals surface area contributed by atoms with Crippen molar-refractivity contribution in [3.8, 4) is 0 Å². The largest absolute Gasteiger partial charge is 0.377 e. The van der Waals surface area contributed by atoms with Gasteiger partial charge < -0.3 is 14.2 Å². The zero-order valence-electron chi connectivity index (χ0n) is 17.7. The summed E-state index contributed by atoms with van der Waals surface area (Å²) in [5, 5.41) is 0. The van der Waals surface area contributed by atoms with Crippen molar-refractivity contribution in [2.75, 3.05) is 26.3 Å². The number of amides is 1. The average molecular weight is 396 g/mol. The highest BCUT2D eigenvalue weighted by atomic mass is 16.5. The highest BCUT2D eigenvalue weighted by molar-refractivity contribution is 5.76. The predicted molar refractivity (Wildman–Crippen MR) is 116 cm³/mol. The SMILES string of the molecule is C=CCOCCC(=O)N1CCC(c2nccn2Cc2ccc(C(C)C)cc2)CC1. The van der Waals surface area contributed by atoms with Gasteiger partial charge in [0.1, 0.15) is 5.82 Å². The van der Waals surface area contributed by atoms with Gasteiger partial charge in [0.25, 0.3) is 0 Å². The Morgan fingerprint density at radius 2 is 2.00 bits per heavy atom. The fourth-order valence-electron chi connectivity index (χ4n) is 3.89. The van der Waals surface area contributed by atoms with Crippen LogP contribution in [0.25, 0.3) is 0 Å². The van der Waals surface area contributed by atoms with Crippen molar-refractivity contribution < 1.29 is 9.53 Å². The minimum Gasteiger partial charge on any atom is -0.377 e. The second-order valence-corrected chi connectivity index (χ2v) is 8.08. The van der Waals surface area contributed by atoms with Crippen LogP contribution >= 0.6 is 0 Å². The third kappa shape index (κ3) is 5.80. The van der Waals surface area contributed by atoms with Gasteiger partial charge in [0, 0.05) is 37.9 Å². The number of hydrogen-bond acceptors (Lipinski definition) is 3. The van der Waals surface area contributed by atoms with Crippen LogP contribution in [0.3, 0.4) is 0 Å². The molecule has 0 spiro atoms. The summed E-state index contributed by atoms with van der Waals surface area (Å²) in [5.41, 5.74) is 2.66. The van der Waals surface area contributed by atoms with Gasteiger partial charge in [-0.05, 0) is 29.9 Å². The molecule has 1 aliphatic heterocycles. The molecule has 0 atom stereocenters. The average Bonchev–Trinajstić information content (AvgIpc) is 3.19. The molecule has 1 aromatic carbocycles. The monoisotopic (exact) mass is 395 g/mol. The maximum atomic E-state index is 12.3. The van der Waals surface area contributed by atoms with Crippen molar-refractivity contribution >= 4 is 5.91 Å². The van der Waals surface area contributed by atoms with E-state index in [-0.39, 0.29) is 5.91 Å². The summed E-state index contributed by atoms with van der Waals surface area (Å²) in [5.74, 6) is 2.27. The zero-order chi connectivity index (χ0) is 20.6. The number of aromatic nitrogens is 2. The molecule has 156 valence electrons. The van der Waals surface area contributed by atoms with Gasteiger partial charge in [-0.3, -0.25) is 4.79 Å². The molecule has 1 fully saturated rings. The maximum Gasteiger partial charge on any atom is 0.224 e. The predicted octanol–water partition coefficient (Wildman–Crippen LogP) is 4.35. The van der Waals surface area contributed by atoms with E-state index in [9.17, 15) is 4.79 Å². The second-order valence-electron chi connectivity index (χ2n) is 8.08. The van der Waals surface area contributed by atoms with E-state index in [1.807, 2.05) is 11.1 Å². The van der Waals surface area contributed by atoms with E-state index in [1.54, 1.807) is 6.08 Å². The van der Waals surface area contributed by atoms with Gasteiger partial charge in [-0.1, -0.05) is 44.2 Å². The molecule has 0 saturated carbocycles. The Bertz CT molecular complexity index is 787. The highest BCUT2D eigenvalue weighted by Crippen LogP contribution is 2.28. The van der Waals surface area contributed by atoms with Crippen molar-refractivity contribution in [1.29, 1.82) is 0 Å². The number of likely N-dealkylation sites (tertiary alicyclic amines) is 1. The molecule has 5 heteroatoms. The van der Waals surface area contributed by atoms with E-state index in [4.69, 9.17) is 4.74 Å². The Balaban J connectivity index is 1.53. The lowest BCUT2D eigenvalue weighted by Crippen LogP contribution is -2.38. The quantitative estimate of drug-likeness (QED) is 0.468. The molecule has 29 heavy (non-hydrogen) atoms. The normalized spacial score (nSPS) is 15.1. The summed E-state index contributed by atoms with van der Waals surface area (Å²) in [6, 6.07) is 8.88. The number of carbonyl (C=O) groups excluding carboxylic acids is 1. The Hall–Kier alpha value is -2.40. The molecule has 2 heterocycles. The first-order valence-corrected chi connectivity index (χ1v) is 10.6. The standard InChI is InChI=1S/C24H33N3O2/c1-4-16-29-17-11-23(28)26-13-9-22(10-14-26)24-25-12-15-27(24)18-20-5-7-21(8-6-20)19(2)3/h4-8,12,15,19,22H,1,9-11,13-14,16-18H2,2-3H3. The minimum atomic E-state index is 0.182. The molecule has 1 aliphatic rings. The number of piperidine rings is 1. The van der Waals surface area contributed by atoms with Crippen LogP contribution < -0.4 is 0 Å². The minimum absolute atomic E-state index is 0.182. The van der Waals surface area contributed by atoms with E-state index < -0.39 is 0 Å². The zero-order valence-corrected chi connectivity index (χ0v) is 17.7. The van der Waals surface area contributed by atoms with Gasteiger partial charge in [-0.25, -0.2) is 4.98 Å². The summed E-state index contributed by atoms with van der Waals surface area (Å²) >= 11 is 0. The molecule has 3 rings (SSSR count). The molecule has 0 bridgehead atoms. The van der Waals surface area contributed by atoms with E-state index in [0.717, 1.165) is 38.3 Å². The van der Waals surface area contributed by atoms with Crippen molar-refractivity contribution in [2.45, 2.75) is 51.5 Å². The summed E-state index contributed by atoms with van der Waals surface area (Å²) in [4.78, 5) is 19.0.